The zero-order chi connectivity index (χ0) is 13.0. The number of halogens is 2. The summed E-state index contributed by atoms with van der Waals surface area (Å²) in [5.74, 6) is 0.247. The van der Waals surface area contributed by atoms with Crippen molar-refractivity contribution in [3.63, 3.8) is 0 Å². The zero-order valence-corrected chi connectivity index (χ0v) is 10.7. The smallest absolute Gasteiger partial charge is 0.249 e. The van der Waals surface area contributed by atoms with Crippen LogP contribution in [0.15, 0.2) is 36.5 Å². The van der Waals surface area contributed by atoms with Gasteiger partial charge in [0.25, 0.3) is 0 Å². The van der Waals surface area contributed by atoms with E-state index < -0.39 is 0 Å². The normalized spacial score (nSPS) is 10.8. The number of amides is 1. The molecule has 0 saturated heterocycles. The molecular formula is C12H9Cl2N3O. The summed E-state index contributed by atoms with van der Waals surface area (Å²) >= 11 is 11.9. The molecule has 0 aliphatic carbocycles. The van der Waals surface area contributed by atoms with Crippen molar-refractivity contribution in [2.45, 2.75) is 0 Å². The van der Waals surface area contributed by atoms with Crippen molar-refractivity contribution in [3.05, 3.63) is 52.1 Å². The number of nitrogens with one attached hydrogen (secondary N) is 2. The minimum atomic E-state index is -0.282. The molecule has 0 fully saturated rings. The molecule has 0 spiro atoms. The number of carbonyl (C=O) groups excluding carboxylic acids is 1. The lowest BCUT2D eigenvalue weighted by molar-refractivity contribution is -0.111. The van der Waals surface area contributed by atoms with Crippen LogP contribution in [-0.4, -0.2) is 16.1 Å². The van der Waals surface area contributed by atoms with Gasteiger partial charge in [0.05, 0.1) is 16.2 Å². The number of anilines is 1. The van der Waals surface area contributed by atoms with E-state index in [-0.39, 0.29) is 5.91 Å². The summed E-state index contributed by atoms with van der Waals surface area (Å²) in [5.41, 5.74) is 0.684. The topological polar surface area (TPSA) is 57.8 Å². The number of aromatic amines is 1. The second kappa shape index (κ2) is 5.71. The Kier molecular flexibility index (Phi) is 4.02. The van der Waals surface area contributed by atoms with Gasteiger partial charge in [-0.1, -0.05) is 35.3 Å². The van der Waals surface area contributed by atoms with Crippen LogP contribution in [0, 0.1) is 0 Å². The van der Waals surface area contributed by atoms with Crippen LogP contribution in [-0.2, 0) is 4.79 Å². The Bertz CT molecular complexity index is 579. The number of hydrogen-bond donors (Lipinski definition) is 2. The quantitative estimate of drug-likeness (QED) is 0.848. The van der Waals surface area contributed by atoms with Crippen LogP contribution in [0.3, 0.4) is 0 Å². The average Bonchev–Trinajstić information content (AvgIpc) is 2.84. The Morgan fingerprint density at radius 3 is 2.89 bits per heavy atom. The van der Waals surface area contributed by atoms with Gasteiger partial charge in [0.2, 0.25) is 5.91 Å². The lowest BCUT2D eigenvalue weighted by Gasteiger charge is -2.00. The molecule has 1 heterocycles. The monoisotopic (exact) mass is 281 g/mol. The van der Waals surface area contributed by atoms with Crippen molar-refractivity contribution in [2.24, 2.45) is 0 Å². The molecule has 0 bridgehead atoms. The molecule has 0 atom stereocenters. The van der Waals surface area contributed by atoms with Crippen molar-refractivity contribution in [2.75, 3.05) is 5.32 Å². The van der Waals surface area contributed by atoms with Crippen molar-refractivity contribution in [3.8, 4) is 0 Å². The molecule has 2 aromatic rings. The molecule has 0 radical (unpaired) electrons. The molecule has 1 amide bonds. The Hall–Kier alpha value is -1.78. The van der Waals surface area contributed by atoms with E-state index in [1.165, 1.54) is 6.08 Å². The van der Waals surface area contributed by atoms with E-state index in [9.17, 15) is 4.79 Å². The molecule has 2 rings (SSSR count). The highest BCUT2D eigenvalue weighted by Crippen LogP contribution is 2.26. The van der Waals surface area contributed by atoms with Crippen molar-refractivity contribution in [1.82, 2.24) is 10.2 Å². The Labute approximate surface area is 114 Å². The second-order valence-corrected chi connectivity index (χ2v) is 4.22. The van der Waals surface area contributed by atoms with Gasteiger partial charge in [0.15, 0.2) is 0 Å². The van der Waals surface area contributed by atoms with E-state index in [0.29, 0.717) is 21.4 Å². The van der Waals surface area contributed by atoms with Gasteiger partial charge in [-0.3, -0.25) is 9.89 Å². The third kappa shape index (κ3) is 3.12. The van der Waals surface area contributed by atoms with E-state index in [4.69, 9.17) is 23.2 Å². The summed E-state index contributed by atoms with van der Waals surface area (Å²) in [7, 11) is 0. The molecule has 6 heteroatoms. The maximum Gasteiger partial charge on any atom is 0.249 e. The largest absolute Gasteiger partial charge is 0.307 e. The van der Waals surface area contributed by atoms with Gasteiger partial charge in [0, 0.05) is 12.1 Å². The van der Waals surface area contributed by atoms with Crippen LogP contribution in [0.1, 0.15) is 5.56 Å². The fraction of sp³-hybridized carbons (Fsp3) is 0. The molecule has 1 aromatic carbocycles. The first-order valence-electron chi connectivity index (χ1n) is 5.09. The lowest BCUT2D eigenvalue weighted by atomic mass is 10.2. The zero-order valence-electron chi connectivity index (χ0n) is 9.15. The first-order valence-corrected chi connectivity index (χ1v) is 5.85. The number of H-pyrrole nitrogens is 1. The molecule has 1 aromatic heterocycles. The number of hydrogen-bond acceptors (Lipinski definition) is 2. The predicted octanol–water partition coefficient (Wildman–Crippen LogP) is 3.37. The van der Waals surface area contributed by atoms with Gasteiger partial charge in [-0.15, -0.1) is 0 Å². The first kappa shape index (κ1) is 12.7. The van der Waals surface area contributed by atoms with Crippen molar-refractivity contribution in [1.29, 1.82) is 0 Å². The Balaban J connectivity index is 2.06. The van der Waals surface area contributed by atoms with E-state index in [1.54, 1.807) is 36.5 Å². The molecular weight excluding hydrogens is 273 g/mol. The Morgan fingerprint density at radius 1 is 1.33 bits per heavy atom. The Morgan fingerprint density at radius 2 is 2.17 bits per heavy atom. The van der Waals surface area contributed by atoms with E-state index >= 15 is 0 Å². The van der Waals surface area contributed by atoms with E-state index in [0.717, 1.165) is 0 Å². The fourth-order valence-electron chi connectivity index (χ4n) is 1.31. The third-order valence-corrected chi connectivity index (χ3v) is 2.99. The van der Waals surface area contributed by atoms with Crippen molar-refractivity contribution >= 4 is 41.0 Å². The van der Waals surface area contributed by atoms with Gasteiger partial charge in [-0.2, -0.15) is 5.10 Å². The number of benzene rings is 1. The predicted molar refractivity (Wildman–Crippen MR) is 72.7 cm³/mol. The van der Waals surface area contributed by atoms with Gasteiger partial charge in [0.1, 0.15) is 5.82 Å². The number of rotatable bonds is 3. The summed E-state index contributed by atoms with van der Waals surface area (Å²) in [5, 5.41) is 9.82. The minimum absolute atomic E-state index is 0.282. The van der Waals surface area contributed by atoms with Crippen LogP contribution in [0.2, 0.25) is 10.0 Å². The maximum atomic E-state index is 11.6. The molecule has 0 saturated carbocycles. The van der Waals surface area contributed by atoms with Crippen LogP contribution >= 0.6 is 23.2 Å². The molecule has 2 N–H and O–H groups in total. The average molecular weight is 282 g/mol. The first-order chi connectivity index (χ1) is 8.66. The van der Waals surface area contributed by atoms with Gasteiger partial charge >= 0.3 is 0 Å². The summed E-state index contributed by atoms with van der Waals surface area (Å²) in [6.45, 7) is 0. The van der Waals surface area contributed by atoms with E-state index in [2.05, 4.69) is 15.5 Å². The molecule has 18 heavy (non-hydrogen) atoms. The fourth-order valence-corrected chi connectivity index (χ4v) is 1.69. The third-order valence-electron chi connectivity index (χ3n) is 2.15. The maximum absolute atomic E-state index is 11.6. The van der Waals surface area contributed by atoms with Gasteiger partial charge < -0.3 is 5.32 Å². The highest BCUT2D eigenvalue weighted by atomic mass is 35.5. The molecule has 92 valence electrons. The minimum Gasteiger partial charge on any atom is -0.307 e. The van der Waals surface area contributed by atoms with Crippen LogP contribution in [0.4, 0.5) is 5.82 Å². The summed E-state index contributed by atoms with van der Waals surface area (Å²) in [6, 6.07) is 6.87. The standard InChI is InChI=1S/C12H9Cl2N3O/c13-9-3-1-2-8(12(9)14)4-5-11(18)16-10-6-7-15-17-10/h1-7H,(H2,15,16,17,18)/b5-4+. The SMILES string of the molecule is O=C(/C=C/c1cccc(Cl)c1Cl)Nc1ccn[nH]1. The molecule has 4 nitrogen and oxygen atoms in total. The lowest BCUT2D eigenvalue weighted by Crippen LogP contribution is -2.07. The highest BCUT2D eigenvalue weighted by Gasteiger charge is 2.02. The summed E-state index contributed by atoms with van der Waals surface area (Å²) < 4.78 is 0. The van der Waals surface area contributed by atoms with Gasteiger partial charge in [-0.25, -0.2) is 0 Å². The summed E-state index contributed by atoms with van der Waals surface area (Å²) in [4.78, 5) is 11.6. The van der Waals surface area contributed by atoms with Crippen LogP contribution in [0.5, 0.6) is 0 Å². The number of nitrogens with zero attached hydrogens (tertiary/aromatic N) is 1. The van der Waals surface area contributed by atoms with Crippen LogP contribution < -0.4 is 5.32 Å². The highest BCUT2D eigenvalue weighted by molar-refractivity contribution is 6.42. The van der Waals surface area contributed by atoms with E-state index in [1.807, 2.05) is 0 Å². The number of aromatic nitrogens is 2. The molecule has 0 unspecified atom stereocenters. The molecule has 0 aliphatic heterocycles. The van der Waals surface area contributed by atoms with Gasteiger partial charge in [-0.05, 0) is 17.7 Å². The summed E-state index contributed by atoms with van der Waals surface area (Å²) in [6.07, 6.45) is 4.52. The van der Waals surface area contributed by atoms with Crippen molar-refractivity contribution < 1.29 is 4.79 Å². The molecule has 0 aliphatic rings. The number of carbonyl (C=O) groups is 1. The second-order valence-electron chi connectivity index (χ2n) is 3.44. The van der Waals surface area contributed by atoms with Crippen LogP contribution in [0.25, 0.3) is 6.08 Å².